The third kappa shape index (κ3) is 8.49. The van der Waals surface area contributed by atoms with Gasteiger partial charge in [0.2, 0.25) is 0 Å². The summed E-state index contributed by atoms with van der Waals surface area (Å²) in [7, 11) is 1.33. The van der Waals surface area contributed by atoms with Crippen LogP contribution >= 0.6 is 0 Å². The van der Waals surface area contributed by atoms with Crippen LogP contribution in [0.15, 0.2) is 54.9 Å². The van der Waals surface area contributed by atoms with Gasteiger partial charge in [-0.15, -0.1) is 0 Å². The molecule has 2 atom stereocenters. The summed E-state index contributed by atoms with van der Waals surface area (Å²) in [6.07, 6.45) is 4.16. The summed E-state index contributed by atoms with van der Waals surface area (Å²) in [6.45, 7) is 5.88. The Morgan fingerprint density at radius 1 is 1.03 bits per heavy atom. The highest BCUT2D eigenvalue weighted by molar-refractivity contribution is 5.97. The molecule has 0 unspecified atom stereocenters. The number of carbonyl (C=O) groups excluding carboxylic acids is 3. The molecule has 0 radical (unpaired) electrons. The topological polar surface area (TPSA) is 85.6 Å². The molecule has 0 aliphatic rings. The van der Waals surface area contributed by atoms with Crippen LogP contribution in [0.1, 0.15) is 49.5 Å². The van der Waals surface area contributed by atoms with Crippen molar-refractivity contribution in [3.05, 3.63) is 66.0 Å². The van der Waals surface area contributed by atoms with Crippen molar-refractivity contribution in [3.8, 4) is 0 Å². The molecule has 0 saturated carbocycles. The Bertz CT molecular complexity index is 898. The molecule has 7 nitrogen and oxygen atoms in total. The molecule has 0 spiro atoms. The Labute approximate surface area is 189 Å². The van der Waals surface area contributed by atoms with E-state index in [2.05, 4.69) is 5.32 Å². The lowest BCUT2D eigenvalue weighted by Gasteiger charge is -2.15. The van der Waals surface area contributed by atoms with Crippen molar-refractivity contribution in [2.45, 2.75) is 52.8 Å². The number of benzene rings is 1. The molecule has 0 saturated heterocycles. The molecule has 2 aromatic rings. The summed E-state index contributed by atoms with van der Waals surface area (Å²) in [5.41, 5.74) is 1.58. The highest BCUT2D eigenvalue weighted by Gasteiger charge is 2.25. The summed E-state index contributed by atoms with van der Waals surface area (Å²) >= 11 is 0. The number of rotatable bonds is 11. The van der Waals surface area contributed by atoms with E-state index in [-0.39, 0.29) is 36.9 Å². The van der Waals surface area contributed by atoms with Gasteiger partial charge in [-0.2, -0.15) is 4.57 Å². The van der Waals surface area contributed by atoms with E-state index in [0.29, 0.717) is 18.4 Å². The van der Waals surface area contributed by atoms with Crippen LogP contribution in [0.25, 0.3) is 0 Å². The number of nitrogens with zero attached hydrogens (tertiary/aromatic N) is 1. The Balaban J connectivity index is 1.89. The SMILES string of the molecule is COC(=O)[C@@H](CC(=O)c1ccc[n+](COC(=O)N[C@@H](C)Cc2ccccc2)c1)CC(C)C. The second-order valence-corrected chi connectivity index (χ2v) is 8.38. The average molecular weight is 442 g/mol. The monoisotopic (exact) mass is 441 g/mol. The predicted octanol–water partition coefficient (Wildman–Crippen LogP) is 3.70. The van der Waals surface area contributed by atoms with Crippen molar-refractivity contribution in [2.24, 2.45) is 11.8 Å². The molecular formula is C25H33N2O5+. The van der Waals surface area contributed by atoms with E-state index in [1.807, 2.05) is 51.1 Å². The first kappa shape index (κ1) is 25.0. The Morgan fingerprint density at radius 3 is 2.41 bits per heavy atom. The fourth-order valence-electron chi connectivity index (χ4n) is 3.50. The van der Waals surface area contributed by atoms with E-state index in [0.717, 1.165) is 5.56 Å². The molecule has 172 valence electrons. The normalized spacial score (nSPS) is 12.7. The van der Waals surface area contributed by atoms with Crippen molar-refractivity contribution < 1.29 is 28.4 Å². The number of ether oxygens (including phenoxy) is 2. The van der Waals surface area contributed by atoms with Gasteiger partial charge in [-0.3, -0.25) is 9.59 Å². The summed E-state index contributed by atoms with van der Waals surface area (Å²) in [5.74, 6) is -0.741. The number of esters is 1. The van der Waals surface area contributed by atoms with Crippen LogP contribution in [-0.4, -0.2) is 31.0 Å². The van der Waals surface area contributed by atoms with Crippen LogP contribution in [0.2, 0.25) is 0 Å². The fourth-order valence-corrected chi connectivity index (χ4v) is 3.50. The zero-order chi connectivity index (χ0) is 23.5. The van der Waals surface area contributed by atoms with Gasteiger partial charge in [0.1, 0.15) is 0 Å². The summed E-state index contributed by atoms with van der Waals surface area (Å²) in [4.78, 5) is 36.9. The van der Waals surface area contributed by atoms with Crippen molar-refractivity contribution in [3.63, 3.8) is 0 Å². The lowest BCUT2D eigenvalue weighted by molar-refractivity contribution is -0.727. The van der Waals surface area contributed by atoms with E-state index in [4.69, 9.17) is 9.47 Å². The van der Waals surface area contributed by atoms with Gasteiger partial charge in [-0.1, -0.05) is 44.2 Å². The van der Waals surface area contributed by atoms with Crippen LogP contribution in [-0.2, 0) is 27.4 Å². The fraction of sp³-hybridized carbons (Fsp3) is 0.440. The number of hydrogen-bond donors (Lipinski definition) is 1. The molecule has 0 bridgehead atoms. The van der Waals surface area contributed by atoms with Crippen LogP contribution < -0.4 is 9.88 Å². The molecular weight excluding hydrogens is 408 g/mol. The lowest BCUT2D eigenvalue weighted by atomic mass is 9.91. The maximum atomic E-state index is 12.7. The summed E-state index contributed by atoms with van der Waals surface area (Å²) < 4.78 is 11.8. The summed E-state index contributed by atoms with van der Waals surface area (Å²) in [5, 5.41) is 2.81. The van der Waals surface area contributed by atoms with Crippen molar-refractivity contribution in [1.82, 2.24) is 5.32 Å². The van der Waals surface area contributed by atoms with E-state index in [9.17, 15) is 14.4 Å². The number of carbonyl (C=O) groups is 3. The van der Waals surface area contributed by atoms with Crippen molar-refractivity contribution in [2.75, 3.05) is 7.11 Å². The number of amides is 1. The van der Waals surface area contributed by atoms with Crippen LogP contribution in [0.4, 0.5) is 4.79 Å². The summed E-state index contributed by atoms with van der Waals surface area (Å²) in [6, 6.07) is 13.2. The minimum Gasteiger partial charge on any atom is -0.469 e. The van der Waals surface area contributed by atoms with Crippen LogP contribution in [0.5, 0.6) is 0 Å². The standard InChI is InChI=1S/C25H32N2O5/c1-18(2)13-22(24(29)31-4)15-23(28)21-11-8-12-27(16-21)17-32-25(30)26-19(3)14-20-9-6-5-7-10-20/h5-12,16,18-19,22H,13-15,17H2,1-4H3/p+1/t19-,22+/m0/s1. The molecule has 1 N–H and O–H groups in total. The molecule has 1 aromatic heterocycles. The minimum absolute atomic E-state index is 0.0303. The molecule has 1 amide bonds. The van der Waals surface area contributed by atoms with Gasteiger partial charge < -0.3 is 14.8 Å². The first-order valence-electron chi connectivity index (χ1n) is 10.9. The Hall–Kier alpha value is -3.22. The molecule has 1 heterocycles. The molecule has 0 fully saturated rings. The number of methoxy groups -OCH3 is 1. The van der Waals surface area contributed by atoms with E-state index in [1.54, 1.807) is 29.1 Å². The minimum atomic E-state index is -0.527. The smallest absolute Gasteiger partial charge is 0.412 e. The van der Waals surface area contributed by atoms with Crippen LogP contribution in [0, 0.1) is 11.8 Å². The number of aromatic nitrogens is 1. The largest absolute Gasteiger partial charge is 0.469 e. The third-order valence-electron chi connectivity index (χ3n) is 5.00. The number of hydrogen-bond acceptors (Lipinski definition) is 5. The van der Waals surface area contributed by atoms with Gasteiger partial charge in [0.15, 0.2) is 18.2 Å². The van der Waals surface area contributed by atoms with E-state index < -0.39 is 12.0 Å². The molecule has 7 heteroatoms. The first-order valence-corrected chi connectivity index (χ1v) is 10.9. The predicted molar refractivity (Wildman–Crippen MR) is 120 cm³/mol. The number of ketones is 1. The van der Waals surface area contributed by atoms with Gasteiger partial charge in [-0.25, -0.2) is 4.79 Å². The van der Waals surface area contributed by atoms with E-state index in [1.165, 1.54) is 7.11 Å². The maximum absolute atomic E-state index is 12.7. The zero-order valence-electron chi connectivity index (χ0n) is 19.2. The number of nitrogens with one attached hydrogen (secondary N) is 1. The Morgan fingerprint density at radius 2 is 1.75 bits per heavy atom. The Kier molecular flexibility index (Phi) is 9.85. The van der Waals surface area contributed by atoms with Gasteiger partial charge in [-0.05, 0) is 37.3 Å². The molecule has 0 aliphatic heterocycles. The molecule has 2 rings (SSSR count). The lowest BCUT2D eigenvalue weighted by Crippen LogP contribution is -2.41. The molecule has 32 heavy (non-hydrogen) atoms. The number of Topliss-reactive ketones (excluding diaryl/α,β-unsaturated/α-hetero) is 1. The number of alkyl carbamates (subject to hydrolysis) is 1. The molecule has 0 aliphatic carbocycles. The van der Waals surface area contributed by atoms with Crippen molar-refractivity contribution >= 4 is 17.8 Å². The second-order valence-electron chi connectivity index (χ2n) is 8.38. The average Bonchev–Trinajstić information content (AvgIpc) is 2.77. The zero-order valence-corrected chi connectivity index (χ0v) is 19.2. The molecule has 1 aromatic carbocycles. The van der Waals surface area contributed by atoms with Gasteiger partial charge in [0.05, 0.1) is 18.6 Å². The third-order valence-corrected chi connectivity index (χ3v) is 5.00. The first-order chi connectivity index (χ1) is 15.3. The van der Waals surface area contributed by atoms with Crippen molar-refractivity contribution in [1.29, 1.82) is 0 Å². The van der Waals surface area contributed by atoms with E-state index >= 15 is 0 Å². The second kappa shape index (κ2) is 12.6. The van der Waals surface area contributed by atoms with Gasteiger partial charge >= 0.3 is 12.1 Å². The highest BCUT2D eigenvalue weighted by Crippen LogP contribution is 2.19. The van der Waals surface area contributed by atoms with Crippen LogP contribution in [0.3, 0.4) is 0 Å². The quantitative estimate of drug-likeness (QED) is 0.327. The van der Waals surface area contributed by atoms with Gasteiger partial charge in [0.25, 0.3) is 6.73 Å². The maximum Gasteiger partial charge on any atom is 0.412 e. The highest BCUT2D eigenvalue weighted by atomic mass is 16.6. The van der Waals surface area contributed by atoms with Gasteiger partial charge in [0, 0.05) is 18.5 Å². The number of pyridine rings is 1.